The molecule has 2 aromatic rings. The van der Waals surface area contributed by atoms with E-state index in [2.05, 4.69) is 21.8 Å². The first-order valence-corrected chi connectivity index (χ1v) is 8.55. The number of hydrogen-bond donors (Lipinski definition) is 3. The molecular formula is C18H23F3N4O2. The normalized spacial score (nSPS) is 22.7. The number of hydrogen-bond acceptors (Lipinski definition) is 6. The number of para-hydroxylation sites is 1. The van der Waals surface area contributed by atoms with Crippen LogP contribution in [0.5, 0.6) is 0 Å². The standard InChI is InChI=1S/C13H19NO2.C5H4F3N3/c1-2-10-8-12(15)13(16)9-14(10)11-6-4-3-5-7-11;6-5(7,8)3-1-10-2-4(9)11-3/h3-7,10,12-13,15-16H,2,8-9H2,1H3;1-2H,(H2,9,11). The van der Waals surface area contributed by atoms with E-state index in [0.29, 0.717) is 25.2 Å². The van der Waals surface area contributed by atoms with Crippen molar-refractivity contribution in [1.82, 2.24) is 9.97 Å². The van der Waals surface area contributed by atoms with Crippen molar-refractivity contribution in [2.24, 2.45) is 0 Å². The van der Waals surface area contributed by atoms with Gasteiger partial charge < -0.3 is 20.8 Å². The van der Waals surface area contributed by atoms with Crippen LogP contribution in [0.3, 0.4) is 0 Å². The third-order valence-electron chi connectivity index (χ3n) is 4.28. The molecule has 0 amide bonds. The maximum Gasteiger partial charge on any atom is 0.434 e. The maximum atomic E-state index is 11.8. The van der Waals surface area contributed by atoms with Crippen molar-refractivity contribution in [3.05, 3.63) is 48.4 Å². The van der Waals surface area contributed by atoms with Gasteiger partial charge in [0.25, 0.3) is 0 Å². The quantitative estimate of drug-likeness (QED) is 0.736. The van der Waals surface area contributed by atoms with Crippen molar-refractivity contribution >= 4 is 11.5 Å². The summed E-state index contributed by atoms with van der Waals surface area (Å²) in [6, 6.07) is 10.4. The Morgan fingerprint density at radius 1 is 1.15 bits per heavy atom. The molecular weight excluding hydrogens is 361 g/mol. The van der Waals surface area contributed by atoms with Gasteiger partial charge in [-0.1, -0.05) is 25.1 Å². The zero-order valence-corrected chi connectivity index (χ0v) is 14.8. The molecule has 0 bridgehead atoms. The van der Waals surface area contributed by atoms with Gasteiger partial charge in [-0.15, -0.1) is 0 Å². The highest BCUT2D eigenvalue weighted by Crippen LogP contribution is 2.27. The molecule has 1 aromatic heterocycles. The Morgan fingerprint density at radius 2 is 1.81 bits per heavy atom. The van der Waals surface area contributed by atoms with E-state index in [-0.39, 0.29) is 5.82 Å². The van der Waals surface area contributed by atoms with E-state index < -0.39 is 24.1 Å². The Hall–Kier alpha value is -2.39. The molecule has 0 aliphatic carbocycles. The monoisotopic (exact) mass is 384 g/mol. The minimum atomic E-state index is -4.47. The Kier molecular flexibility index (Phi) is 6.98. The molecule has 3 atom stereocenters. The average molecular weight is 384 g/mol. The summed E-state index contributed by atoms with van der Waals surface area (Å²) >= 11 is 0. The third kappa shape index (κ3) is 5.80. The molecule has 3 rings (SSSR count). The molecule has 1 aliphatic heterocycles. The predicted molar refractivity (Wildman–Crippen MR) is 95.9 cm³/mol. The van der Waals surface area contributed by atoms with Crippen LogP contribution in [0.15, 0.2) is 42.7 Å². The van der Waals surface area contributed by atoms with Crippen molar-refractivity contribution in [3.8, 4) is 0 Å². The number of nitrogens with two attached hydrogens (primary N) is 1. The molecule has 0 saturated carbocycles. The zero-order valence-electron chi connectivity index (χ0n) is 14.8. The van der Waals surface area contributed by atoms with Crippen molar-refractivity contribution in [3.63, 3.8) is 0 Å². The first-order chi connectivity index (χ1) is 12.7. The number of alkyl halides is 3. The summed E-state index contributed by atoms with van der Waals surface area (Å²) in [7, 11) is 0. The van der Waals surface area contributed by atoms with E-state index in [1.54, 1.807) is 0 Å². The number of nitrogen functional groups attached to an aromatic ring is 1. The Labute approximate surface area is 155 Å². The molecule has 6 nitrogen and oxygen atoms in total. The second-order valence-corrected chi connectivity index (χ2v) is 6.25. The lowest BCUT2D eigenvalue weighted by molar-refractivity contribution is -0.141. The molecule has 27 heavy (non-hydrogen) atoms. The molecule has 0 spiro atoms. The molecule has 1 fully saturated rings. The largest absolute Gasteiger partial charge is 0.434 e. The van der Waals surface area contributed by atoms with Crippen molar-refractivity contribution < 1.29 is 23.4 Å². The first-order valence-electron chi connectivity index (χ1n) is 8.55. The number of piperidine rings is 1. The van der Waals surface area contributed by atoms with Gasteiger partial charge in [-0.3, -0.25) is 4.98 Å². The van der Waals surface area contributed by atoms with Gasteiger partial charge >= 0.3 is 6.18 Å². The van der Waals surface area contributed by atoms with Crippen LogP contribution in [0.1, 0.15) is 25.5 Å². The Morgan fingerprint density at radius 3 is 2.33 bits per heavy atom. The number of halogens is 3. The van der Waals surface area contributed by atoms with Crippen LogP contribution in [-0.4, -0.2) is 45.0 Å². The minimum Gasteiger partial charge on any atom is -0.390 e. The molecule has 3 unspecified atom stereocenters. The smallest absolute Gasteiger partial charge is 0.390 e. The van der Waals surface area contributed by atoms with Crippen molar-refractivity contribution in [2.45, 2.75) is 44.2 Å². The van der Waals surface area contributed by atoms with Gasteiger partial charge in [-0.25, -0.2) is 4.98 Å². The number of aliphatic hydroxyl groups is 2. The zero-order chi connectivity index (χ0) is 20.0. The highest BCUT2D eigenvalue weighted by atomic mass is 19.4. The van der Waals surface area contributed by atoms with Gasteiger partial charge in [0.05, 0.1) is 24.6 Å². The van der Waals surface area contributed by atoms with E-state index in [4.69, 9.17) is 5.73 Å². The summed E-state index contributed by atoms with van der Waals surface area (Å²) in [5.74, 6) is -0.236. The molecule has 4 N–H and O–H groups in total. The number of nitrogens with zero attached hydrogens (tertiary/aromatic N) is 3. The lowest BCUT2D eigenvalue weighted by Crippen LogP contribution is -2.52. The van der Waals surface area contributed by atoms with Crippen LogP contribution >= 0.6 is 0 Å². The number of β-amino-alcohol motifs (C(OH)–C–C–N with tert-alkyl or cyclic N) is 1. The third-order valence-corrected chi connectivity index (χ3v) is 4.28. The van der Waals surface area contributed by atoms with Crippen molar-refractivity contribution in [2.75, 3.05) is 17.2 Å². The number of aliphatic hydroxyl groups excluding tert-OH is 2. The number of rotatable bonds is 2. The van der Waals surface area contributed by atoms with Gasteiger partial charge in [0, 0.05) is 18.3 Å². The van der Waals surface area contributed by atoms with Crippen LogP contribution in [0.2, 0.25) is 0 Å². The molecule has 9 heteroatoms. The second kappa shape index (κ2) is 9.01. The fourth-order valence-electron chi connectivity index (χ4n) is 2.88. The van der Waals surface area contributed by atoms with Crippen LogP contribution in [-0.2, 0) is 6.18 Å². The van der Waals surface area contributed by atoms with Gasteiger partial charge in [0.1, 0.15) is 5.82 Å². The highest BCUT2D eigenvalue weighted by molar-refractivity contribution is 5.48. The lowest BCUT2D eigenvalue weighted by Gasteiger charge is -2.41. The molecule has 148 valence electrons. The SMILES string of the molecule is CCC1CC(O)C(O)CN1c1ccccc1.Nc1cncc(C(F)(F)F)n1. The number of aromatic nitrogens is 2. The minimum absolute atomic E-state index is 0.236. The van der Waals surface area contributed by atoms with Crippen LogP contribution in [0.4, 0.5) is 24.7 Å². The van der Waals surface area contributed by atoms with Crippen LogP contribution in [0, 0.1) is 0 Å². The number of benzene rings is 1. The van der Waals surface area contributed by atoms with Crippen LogP contribution < -0.4 is 10.6 Å². The van der Waals surface area contributed by atoms with Gasteiger partial charge in [0.15, 0.2) is 5.69 Å². The second-order valence-electron chi connectivity index (χ2n) is 6.25. The predicted octanol–water partition coefficient (Wildman–Crippen LogP) is 2.47. The summed E-state index contributed by atoms with van der Waals surface area (Å²) in [6.07, 6.45) is -2.38. The fraction of sp³-hybridized carbons (Fsp3) is 0.444. The van der Waals surface area contributed by atoms with Gasteiger partial charge in [-0.05, 0) is 25.0 Å². The van der Waals surface area contributed by atoms with Crippen LogP contribution in [0.25, 0.3) is 0 Å². The summed E-state index contributed by atoms with van der Waals surface area (Å²) in [5.41, 5.74) is 5.04. The van der Waals surface area contributed by atoms with E-state index in [1.807, 2.05) is 30.3 Å². The highest BCUT2D eigenvalue weighted by Gasteiger charge is 2.33. The topological polar surface area (TPSA) is 95.5 Å². The molecule has 1 saturated heterocycles. The summed E-state index contributed by atoms with van der Waals surface area (Å²) in [6.45, 7) is 2.63. The van der Waals surface area contributed by atoms with Crippen molar-refractivity contribution in [1.29, 1.82) is 0 Å². The summed E-state index contributed by atoms with van der Waals surface area (Å²) in [4.78, 5) is 8.47. The maximum absolute atomic E-state index is 11.8. The summed E-state index contributed by atoms with van der Waals surface area (Å²) in [5, 5.41) is 19.4. The van der Waals surface area contributed by atoms with Gasteiger partial charge in [0.2, 0.25) is 0 Å². The molecule has 0 radical (unpaired) electrons. The average Bonchev–Trinajstić information content (AvgIpc) is 2.64. The van der Waals surface area contributed by atoms with E-state index in [0.717, 1.165) is 18.3 Å². The summed E-state index contributed by atoms with van der Waals surface area (Å²) < 4.78 is 35.4. The molecule has 1 aliphatic rings. The molecule has 2 heterocycles. The van der Waals surface area contributed by atoms with E-state index in [9.17, 15) is 23.4 Å². The fourth-order valence-corrected chi connectivity index (χ4v) is 2.88. The first kappa shape index (κ1) is 20.9. The van der Waals surface area contributed by atoms with E-state index >= 15 is 0 Å². The number of anilines is 2. The van der Waals surface area contributed by atoms with Gasteiger partial charge in [-0.2, -0.15) is 13.2 Å². The Bertz CT molecular complexity index is 715. The Balaban J connectivity index is 0.000000208. The molecule has 1 aromatic carbocycles. The van der Waals surface area contributed by atoms with E-state index in [1.165, 1.54) is 0 Å². The lowest BCUT2D eigenvalue weighted by atomic mass is 9.95.